The molecule has 0 nitrogen and oxygen atoms in total. The molecule has 2 heteroatoms. The molecule has 0 bridgehead atoms. The largest absolute Gasteiger partial charge is 0.113 e. The molecular weight excluding hydrogens is 287 g/mol. The SMILES string of the molecule is C/C(Cl)=C/C(Cl)c1c2ccccc2cc2ccccc12. The van der Waals surface area contributed by atoms with Crippen molar-refractivity contribution in [3.8, 4) is 0 Å². The third-order valence-electron chi connectivity index (χ3n) is 3.46. The summed E-state index contributed by atoms with van der Waals surface area (Å²) in [5.41, 5.74) is 1.13. The van der Waals surface area contributed by atoms with E-state index in [1.165, 1.54) is 21.5 Å². The summed E-state index contributed by atoms with van der Waals surface area (Å²) in [6.07, 6.45) is 1.89. The van der Waals surface area contributed by atoms with Gasteiger partial charge >= 0.3 is 0 Å². The Morgan fingerprint density at radius 2 is 1.45 bits per heavy atom. The van der Waals surface area contributed by atoms with Gasteiger partial charge in [-0.15, -0.1) is 11.6 Å². The fraction of sp³-hybridized carbons (Fsp3) is 0.111. The van der Waals surface area contributed by atoms with Gasteiger partial charge in [0.1, 0.15) is 0 Å². The van der Waals surface area contributed by atoms with Gasteiger partial charge in [0, 0.05) is 5.03 Å². The lowest BCUT2D eigenvalue weighted by atomic mass is 9.94. The Morgan fingerprint density at radius 1 is 0.950 bits per heavy atom. The van der Waals surface area contributed by atoms with Gasteiger partial charge in [-0.1, -0.05) is 60.1 Å². The summed E-state index contributed by atoms with van der Waals surface area (Å²) in [6.45, 7) is 1.85. The molecule has 0 amide bonds. The predicted molar refractivity (Wildman–Crippen MR) is 89.7 cm³/mol. The van der Waals surface area contributed by atoms with Gasteiger partial charge in [0.2, 0.25) is 0 Å². The first-order valence-corrected chi connectivity index (χ1v) is 7.36. The predicted octanol–water partition coefficient (Wildman–Crippen LogP) is 6.42. The number of alkyl halides is 1. The normalized spacial score (nSPS) is 13.8. The minimum absolute atomic E-state index is 0.233. The quantitative estimate of drug-likeness (QED) is 0.378. The maximum Gasteiger partial charge on any atom is 0.0792 e. The highest BCUT2D eigenvalue weighted by atomic mass is 35.5. The van der Waals surface area contributed by atoms with Crippen molar-refractivity contribution in [3.63, 3.8) is 0 Å². The van der Waals surface area contributed by atoms with Gasteiger partial charge < -0.3 is 0 Å². The van der Waals surface area contributed by atoms with Crippen LogP contribution in [0.15, 0.2) is 65.7 Å². The van der Waals surface area contributed by atoms with Crippen LogP contribution in [0.4, 0.5) is 0 Å². The second kappa shape index (κ2) is 5.47. The highest BCUT2D eigenvalue weighted by Crippen LogP contribution is 2.37. The molecule has 1 unspecified atom stereocenters. The van der Waals surface area contributed by atoms with Crippen LogP contribution < -0.4 is 0 Å². The minimum atomic E-state index is -0.233. The molecule has 3 rings (SSSR count). The van der Waals surface area contributed by atoms with Crippen molar-refractivity contribution in [2.24, 2.45) is 0 Å². The van der Waals surface area contributed by atoms with Gasteiger partial charge in [0.25, 0.3) is 0 Å². The molecule has 0 aromatic heterocycles. The molecule has 3 aromatic carbocycles. The van der Waals surface area contributed by atoms with Crippen molar-refractivity contribution in [1.29, 1.82) is 0 Å². The van der Waals surface area contributed by atoms with E-state index in [0.29, 0.717) is 5.03 Å². The van der Waals surface area contributed by atoms with Crippen molar-refractivity contribution in [1.82, 2.24) is 0 Å². The topological polar surface area (TPSA) is 0 Å². The van der Waals surface area contributed by atoms with Crippen LogP contribution in [0, 0.1) is 0 Å². The zero-order chi connectivity index (χ0) is 14.1. The van der Waals surface area contributed by atoms with Crippen LogP contribution in [-0.4, -0.2) is 0 Å². The van der Waals surface area contributed by atoms with Crippen molar-refractivity contribution < 1.29 is 0 Å². The molecule has 100 valence electrons. The number of rotatable bonds is 2. The Bertz CT molecular complexity index is 745. The van der Waals surface area contributed by atoms with Gasteiger partial charge in [0.15, 0.2) is 0 Å². The summed E-state index contributed by atoms with van der Waals surface area (Å²) >= 11 is 12.6. The van der Waals surface area contributed by atoms with Crippen LogP contribution in [-0.2, 0) is 0 Å². The molecule has 0 spiro atoms. The molecule has 0 fully saturated rings. The molecule has 20 heavy (non-hydrogen) atoms. The van der Waals surface area contributed by atoms with Crippen LogP contribution in [0.3, 0.4) is 0 Å². The molecule has 3 aromatic rings. The van der Waals surface area contributed by atoms with Crippen LogP contribution in [0.1, 0.15) is 17.9 Å². The van der Waals surface area contributed by atoms with E-state index in [2.05, 4.69) is 30.3 Å². The van der Waals surface area contributed by atoms with E-state index < -0.39 is 0 Å². The Balaban J connectivity index is 2.42. The third-order valence-corrected chi connectivity index (χ3v) is 3.93. The average Bonchev–Trinajstić information content (AvgIpc) is 2.43. The molecule has 0 heterocycles. The number of fused-ring (bicyclic) bond motifs is 2. The van der Waals surface area contributed by atoms with Gasteiger partial charge in [0.05, 0.1) is 5.38 Å². The molecule has 1 atom stereocenters. The Labute approximate surface area is 128 Å². The third kappa shape index (κ3) is 2.42. The van der Waals surface area contributed by atoms with E-state index in [-0.39, 0.29) is 5.38 Å². The number of hydrogen-bond donors (Lipinski definition) is 0. The highest BCUT2D eigenvalue weighted by Gasteiger charge is 2.13. The lowest BCUT2D eigenvalue weighted by Crippen LogP contribution is -1.92. The molecule has 0 aliphatic heterocycles. The second-order valence-corrected chi connectivity index (χ2v) is 5.95. The number of hydrogen-bond acceptors (Lipinski definition) is 0. The zero-order valence-corrected chi connectivity index (χ0v) is 12.6. The Hall–Kier alpha value is -1.50. The summed E-state index contributed by atoms with van der Waals surface area (Å²) in [5, 5.41) is 5.24. The van der Waals surface area contributed by atoms with Crippen LogP contribution >= 0.6 is 23.2 Å². The molecular formula is C18H14Cl2. The summed E-state index contributed by atoms with van der Waals surface area (Å²) in [5.74, 6) is 0. The fourth-order valence-corrected chi connectivity index (χ4v) is 3.25. The summed E-state index contributed by atoms with van der Waals surface area (Å²) in [7, 11) is 0. The molecule has 0 N–H and O–H groups in total. The molecule has 0 aliphatic carbocycles. The lowest BCUT2D eigenvalue weighted by molar-refractivity contribution is 1.24. The zero-order valence-electron chi connectivity index (χ0n) is 11.1. The van der Waals surface area contributed by atoms with E-state index in [4.69, 9.17) is 23.2 Å². The smallest absolute Gasteiger partial charge is 0.0792 e. The van der Waals surface area contributed by atoms with E-state index in [1.807, 2.05) is 37.3 Å². The van der Waals surface area contributed by atoms with Gasteiger partial charge in [-0.2, -0.15) is 0 Å². The van der Waals surface area contributed by atoms with E-state index >= 15 is 0 Å². The monoisotopic (exact) mass is 300 g/mol. The van der Waals surface area contributed by atoms with Gasteiger partial charge in [-0.05, 0) is 46.2 Å². The standard InChI is InChI=1S/C18H14Cl2/c1-12(19)10-17(20)18-15-8-4-2-6-13(15)11-14-7-3-5-9-16(14)18/h2-11,17H,1H3/b12-10-. The minimum Gasteiger partial charge on any atom is -0.113 e. The maximum atomic E-state index is 6.60. The fourth-order valence-electron chi connectivity index (χ4n) is 2.63. The Morgan fingerprint density at radius 3 is 1.95 bits per heavy atom. The lowest BCUT2D eigenvalue weighted by Gasteiger charge is -2.14. The van der Waals surface area contributed by atoms with E-state index in [9.17, 15) is 0 Å². The molecule has 0 radical (unpaired) electrons. The average molecular weight is 301 g/mol. The van der Waals surface area contributed by atoms with Gasteiger partial charge in [-0.25, -0.2) is 0 Å². The first kappa shape index (κ1) is 13.5. The molecule has 0 saturated heterocycles. The molecule has 0 saturated carbocycles. The van der Waals surface area contributed by atoms with Crippen LogP contribution in [0.2, 0.25) is 0 Å². The first-order chi connectivity index (χ1) is 9.66. The van der Waals surface area contributed by atoms with Crippen molar-refractivity contribution in [3.05, 3.63) is 71.3 Å². The van der Waals surface area contributed by atoms with Gasteiger partial charge in [-0.3, -0.25) is 0 Å². The summed E-state index contributed by atoms with van der Waals surface area (Å²) in [4.78, 5) is 0. The summed E-state index contributed by atoms with van der Waals surface area (Å²) < 4.78 is 0. The summed E-state index contributed by atoms with van der Waals surface area (Å²) in [6, 6.07) is 18.9. The first-order valence-electron chi connectivity index (χ1n) is 6.55. The molecule has 0 aliphatic rings. The van der Waals surface area contributed by atoms with E-state index in [0.717, 1.165) is 5.56 Å². The number of allylic oxidation sites excluding steroid dienone is 2. The second-order valence-electron chi connectivity index (χ2n) is 4.89. The highest BCUT2D eigenvalue weighted by molar-refractivity contribution is 6.31. The van der Waals surface area contributed by atoms with Crippen molar-refractivity contribution in [2.75, 3.05) is 0 Å². The van der Waals surface area contributed by atoms with Crippen molar-refractivity contribution in [2.45, 2.75) is 12.3 Å². The van der Waals surface area contributed by atoms with E-state index in [1.54, 1.807) is 0 Å². The van der Waals surface area contributed by atoms with Crippen LogP contribution in [0.25, 0.3) is 21.5 Å². The number of halogens is 2. The van der Waals surface area contributed by atoms with Crippen molar-refractivity contribution >= 4 is 44.7 Å². The van der Waals surface area contributed by atoms with Crippen LogP contribution in [0.5, 0.6) is 0 Å². The number of benzene rings is 3. The Kier molecular flexibility index (Phi) is 3.69. The maximum absolute atomic E-state index is 6.60.